The Kier molecular flexibility index (Phi) is 2.34. The quantitative estimate of drug-likeness (QED) is 0.723. The first kappa shape index (κ1) is 9.99. The third-order valence-corrected chi connectivity index (χ3v) is 2.77. The maximum Gasteiger partial charge on any atom is 0.142 e. The van der Waals surface area contributed by atoms with Crippen molar-refractivity contribution in [3.8, 4) is 5.82 Å². The lowest BCUT2D eigenvalue weighted by molar-refractivity contribution is 0.951. The van der Waals surface area contributed by atoms with Crippen molar-refractivity contribution in [1.29, 1.82) is 0 Å². The summed E-state index contributed by atoms with van der Waals surface area (Å²) in [5.41, 5.74) is 8.74. The van der Waals surface area contributed by atoms with E-state index in [9.17, 15) is 0 Å². The molecule has 2 N–H and O–H groups in total. The zero-order valence-electron chi connectivity index (χ0n) is 9.24. The van der Waals surface area contributed by atoms with Crippen molar-refractivity contribution >= 4 is 11.0 Å². The molecule has 0 spiro atoms. The molecule has 4 nitrogen and oxygen atoms in total. The summed E-state index contributed by atoms with van der Waals surface area (Å²) < 4.78 is 1.97. The Morgan fingerprint density at radius 3 is 2.82 bits per heavy atom. The molecule has 0 aliphatic rings. The van der Waals surface area contributed by atoms with E-state index in [4.69, 9.17) is 5.73 Å². The molecule has 17 heavy (non-hydrogen) atoms. The largest absolute Gasteiger partial charge is 0.326 e. The van der Waals surface area contributed by atoms with E-state index >= 15 is 0 Å². The number of hydrogen-bond acceptors (Lipinski definition) is 3. The van der Waals surface area contributed by atoms with E-state index in [-0.39, 0.29) is 0 Å². The maximum atomic E-state index is 5.73. The summed E-state index contributed by atoms with van der Waals surface area (Å²) in [6, 6.07) is 11.9. The van der Waals surface area contributed by atoms with Gasteiger partial charge in [-0.2, -0.15) is 0 Å². The molecule has 0 radical (unpaired) electrons. The van der Waals surface area contributed by atoms with Gasteiger partial charge in [0, 0.05) is 18.3 Å². The van der Waals surface area contributed by atoms with Crippen LogP contribution < -0.4 is 5.73 Å². The van der Waals surface area contributed by atoms with E-state index in [1.165, 1.54) is 0 Å². The normalized spacial score (nSPS) is 10.9. The van der Waals surface area contributed by atoms with Crippen LogP contribution >= 0.6 is 0 Å². The highest BCUT2D eigenvalue weighted by molar-refractivity contribution is 5.77. The van der Waals surface area contributed by atoms with Gasteiger partial charge in [-0.15, -0.1) is 0 Å². The molecule has 0 aliphatic heterocycles. The molecule has 84 valence electrons. The standard InChI is InChI=1S/C13H12N4/c14-8-10-4-3-7-15-13(10)17-9-16-11-5-1-2-6-12(11)17/h1-7,9H,8,14H2. The summed E-state index contributed by atoms with van der Waals surface area (Å²) in [5, 5.41) is 0. The van der Waals surface area contributed by atoms with Gasteiger partial charge in [0.25, 0.3) is 0 Å². The summed E-state index contributed by atoms with van der Waals surface area (Å²) >= 11 is 0. The van der Waals surface area contributed by atoms with Crippen LogP contribution in [0.2, 0.25) is 0 Å². The van der Waals surface area contributed by atoms with E-state index in [0.29, 0.717) is 6.54 Å². The Morgan fingerprint density at radius 1 is 1.06 bits per heavy atom. The average molecular weight is 224 g/mol. The van der Waals surface area contributed by atoms with E-state index < -0.39 is 0 Å². The highest BCUT2D eigenvalue weighted by Gasteiger charge is 2.07. The number of benzene rings is 1. The number of imidazole rings is 1. The zero-order valence-corrected chi connectivity index (χ0v) is 9.24. The van der Waals surface area contributed by atoms with Gasteiger partial charge < -0.3 is 5.73 Å². The topological polar surface area (TPSA) is 56.7 Å². The van der Waals surface area contributed by atoms with Gasteiger partial charge in [-0.3, -0.25) is 4.57 Å². The summed E-state index contributed by atoms with van der Waals surface area (Å²) in [6.07, 6.45) is 3.55. The molecule has 3 aromatic rings. The molecular formula is C13H12N4. The fourth-order valence-corrected chi connectivity index (χ4v) is 1.93. The molecule has 3 rings (SSSR count). The highest BCUT2D eigenvalue weighted by Crippen LogP contribution is 2.18. The molecule has 0 unspecified atom stereocenters. The van der Waals surface area contributed by atoms with Gasteiger partial charge in [-0.05, 0) is 18.2 Å². The van der Waals surface area contributed by atoms with E-state index in [1.54, 1.807) is 12.5 Å². The molecule has 0 atom stereocenters. The molecule has 0 saturated carbocycles. The summed E-state index contributed by atoms with van der Waals surface area (Å²) in [4.78, 5) is 8.74. The first-order valence-electron chi connectivity index (χ1n) is 5.46. The summed E-state index contributed by atoms with van der Waals surface area (Å²) in [6.45, 7) is 0.468. The second kappa shape index (κ2) is 3.99. The predicted octanol–water partition coefficient (Wildman–Crippen LogP) is 1.88. The molecule has 0 amide bonds. The van der Waals surface area contributed by atoms with E-state index in [1.807, 2.05) is 41.0 Å². The van der Waals surface area contributed by atoms with Crippen LogP contribution in [0.15, 0.2) is 48.9 Å². The lowest BCUT2D eigenvalue weighted by atomic mass is 10.2. The Morgan fingerprint density at radius 2 is 1.94 bits per heavy atom. The van der Waals surface area contributed by atoms with E-state index in [2.05, 4.69) is 9.97 Å². The monoisotopic (exact) mass is 224 g/mol. The number of hydrogen-bond donors (Lipinski definition) is 1. The Hall–Kier alpha value is -2.20. The molecule has 1 aromatic carbocycles. The Labute approximate surface area is 98.7 Å². The van der Waals surface area contributed by atoms with Crippen molar-refractivity contribution in [3.05, 3.63) is 54.5 Å². The smallest absolute Gasteiger partial charge is 0.142 e. The predicted molar refractivity (Wildman–Crippen MR) is 66.8 cm³/mol. The van der Waals surface area contributed by atoms with Crippen molar-refractivity contribution in [2.45, 2.75) is 6.54 Å². The number of aromatic nitrogens is 3. The fourth-order valence-electron chi connectivity index (χ4n) is 1.93. The second-order valence-corrected chi connectivity index (χ2v) is 3.79. The van der Waals surface area contributed by atoms with Crippen LogP contribution in [0.25, 0.3) is 16.9 Å². The molecule has 0 bridgehead atoms. The lowest BCUT2D eigenvalue weighted by Crippen LogP contribution is -2.05. The van der Waals surface area contributed by atoms with Crippen molar-refractivity contribution in [1.82, 2.24) is 14.5 Å². The number of nitrogens with zero attached hydrogens (tertiary/aromatic N) is 3. The number of pyridine rings is 1. The van der Waals surface area contributed by atoms with Crippen LogP contribution in [0, 0.1) is 0 Å². The van der Waals surface area contributed by atoms with Gasteiger partial charge in [-0.25, -0.2) is 9.97 Å². The van der Waals surface area contributed by atoms with Crippen molar-refractivity contribution in [2.24, 2.45) is 5.73 Å². The van der Waals surface area contributed by atoms with Crippen molar-refractivity contribution < 1.29 is 0 Å². The molecule has 2 heterocycles. The number of rotatable bonds is 2. The van der Waals surface area contributed by atoms with Crippen LogP contribution in [0.4, 0.5) is 0 Å². The minimum atomic E-state index is 0.468. The minimum absolute atomic E-state index is 0.468. The molecule has 0 fully saturated rings. The van der Waals surface area contributed by atoms with Gasteiger partial charge in [-0.1, -0.05) is 18.2 Å². The van der Waals surface area contributed by atoms with Crippen LogP contribution in [0.1, 0.15) is 5.56 Å². The van der Waals surface area contributed by atoms with Crippen LogP contribution in [-0.4, -0.2) is 14.5 Å². The number of fused-ring (bicyclic) bond motifs is 1. The zero-order chi connectivity index (χ0) is 11.7. The van der Waals surface area contributed by atoms with E-state index in [0.717, 1.165) is 22.4 Å². The van der Waals surface area contributed by atoms with Gasteiger partial charge in [0.1, 0.15) is 12.1 Å². The minimum Gasteiger partial charge on any atom is -0.326 e. The molecule has 0 saturated heterocycles. The van der Waals surface area contributed by atoms with Gasteiger partial charge in [0.05, 0.1) is 11.0 Å². The van der Waals surface area contributed by atoms with Crippen LogP contribution in [-0.2, 0) is 6.54 Å². The second-order valence-electron chi connectivity index (χ2n) is 3.79. The fraction of sp³-hybridized carbons (Fsp3) is 0.0769. The maximum absolute atomic E-state index is 5.73. The lowest BCUT2D eigenvalue weighted by Gasteiger charge is -2.07. The molecular weight excluding hydrogens is 212 g/mol. The highest BCUT2D eigenvalue weighted by atomic mass is 15.1. The van der Waals surface area contributed by atoms with Crippen LogP contribution in [0.3, 0.4) is 0 Å². The SMILES string of the molecule is NCc1cccnc1-n1cnc2ccccc21. The van der Waals surface area contributed by atoms with Crippen LogP contribution in [0.5, 0.6) is 0 Å². The van der Waals surface area contributed by atoms with Crippen molar-refractivity contribution in [2.75, 3.05) is 0 Å². The first-order chi connectivity index (χ1) is 8.40. The van der Waals surface area contributed by atoms with Gasteiger partial charge in [0.2, 0.25) is 0 Å². The average Bonchev–Trinajstić information content (AvgIpc) is 2.82. The van der Waals surface area contributed by atoms with Gasteiger partial charge >= 0.3 is 0 Å². The Balaban J connectivity index is 2.27. The van der Waals surface area contributed by atoms with Gasteiger partial charge in [0.15, 0.2) is 0 Å². The third-order valence-electron chi connectivity index (χ3n) is 2.77. The summed E-state index contributed by atoms with van der Waals surface area (Å²) in [7, 11) is 0. The number of nitrogens with two attached hydrogens (primary N) is 1. The first-order valence-corrected chi connectivity index (χ1v) is 5.46. The summed E-state index contributed by atoms with van der Waals surface area (Å²) in [5.74, 6) is 0.851. The number of para-hydroxylation sites is 2. The van der Waals surface area contributed by atoms with Crippen molar-refractivity contribution in [3.63, 3.8) is 0 Å². The Bertz CT molecular complexity index is 657. The molecule has 4 heteroatoms. The molecule has 2 aromatic heterocycles. The molecule has 0 aliphatic carbocycles. The third kappa shape index (κ3) is 1.59.